The van der Waals surface area contributed by atoms with Gasteiger partial charge in [0, 0.05) is 0 Å². The Hall–Kier alpha value is -0.940. The lowest BCUT2D eigenvalue weighted by Gasteiger charge is -1.95. The molecule has 1 unspecified atom stereocenters. The molecule has 0 aromatic heterocycles. The topological polar surface area (TPSA) is 75.6 Å². The van der Waals surface area contributed by atoms with Gasteiger partial charge in [-0.1, -0.05) is 0 Å². The number of imide groups is 1. The fourth-order valence-corrected chi connectivity index (χ4v) is 0.615. The Labute approximate surface area is 50.5 Å². The smallest absolute Gasteiger partial charge is 0.259 e. The molecule has 5 heteroatoms. The Kier molecular flexibility index (Phi) is 1.46. The normalized spacial score (nSPS) is 26.6. The molecule has 1 aliphatic rings. The van der Waals surface area contributed by atoms with Gasteiger partial charge in [0.25, 0.3) is 5.91 Å². The molecule has 0 spiro atoms. The number of carbonyl (C=O) groups excluding carboxylic acids is 2. The maximum atomic E-state index is 10.4. The summed E-state index contributed by atoms with van der Waals surface area (Å²) in [5, 5.41) is 9.90. The van der Waals surface area contributed by atoms with Crippen LogP contribution in [0.2, 0.25) is 0 Å². The predicted octanol–water partition coefficient (Wildman–Crippen LogP) is -1.11. The fourth-order valence-electron chi connectivity index (χ4n) is 0.615. The van der Waals surface area contributed by atoms with Crippen molar-refractivity contribution in [1.29, 1.82) is 0 Å². The molecule has 0 aromatic carbocycles. The molecule has 1 heterocycles. The minimum absolute atomic E-state index is 0.0880. The van der Waals surface area contributed by atoms with Crippen LogP contribution in [0.5, 0.6) is 0 Å². The Balaban J connectivity index is 2.58. The zero-order valence-corrected chi connectivity index (χ0v) is 4.46. The lowest BCUT2D eigenvalue weighted by Crippen LogP contribution is -2.25. The van der Waals surface area contributed by atoms with Crippen LogP contribution in [0.4, 0.5) is 0 Å². The van der Waals surface area contributed by atoms with Crippen LogP contribution in [0.3, 0.4) is 0 Å². The van der Waals surface area contributed by atoms with Crippen LogP contribution in [0.1, 0.15) is 6.42 Å². The van der Waals surface area contributed by atoms with Gasteiger partial charge in [-0.05, 0) is 0 Å². The van der Waals surface area contributed by atoms with E-state index in [0.29, 0.717) is 0 Å². The lowest BCUT2D eigenvalue weighted by atomic mass is 10.3. The van der Waals surface area contributed by atoms with E-state index in [-0.39, 0.29) is 6.42 Å². The van der Waals surface area contributed by atoms with Crippen molar-refractivity contribution in [3.05, 3.63) is 0 Å². The van der Waals surface area contributed by atoms with Gasteiger partial charge in [0.15, 0.2) is 6.10 Å². The molecule has 0 aliphatic carbocycles. The van der Waals surface area contributed by atoms with E-state index in [0.717, 1.165) is 0 Å². The van der Waals surface area contributed by atoms with E-state index in [1.54, 1.807) is 0 Å². The third kappa shape index (κ3) is 1.06. The molecule has 1 atom stereocenters. The molecule has 50 valence electrons. The van der Waals surface area contributed by atoms with Crippen LogP contribution in [0.25, 0.3) is 0 Å². The van der Waals surface area contributed by atoms with Gasteiger partial charge >= 0.3 is 0 Å². The standard InChI is InChI=1S/C4H5NO4/c6-3-1-2(9-8)4(7)5-3/h2,8H,1H2,(H,5,6,7). The number of hydrogen-bond donors (Lipinski definition) is 2. The summed E-state index contributed by atoms with van der Waals surface area (Å²) in [6.45, 7) is 0. The molecule has 1 aliphatic heterocycles. The molecule has 0 bridgehead atoms. The van der Waals surface area contributed by atoms with E-state index in [1.165, 1.54) is 0 Å². The first-order valence-corrected chi connectivity index (χ1v) is 2.38. The van der Waals surface area contributed by atoms with Crippen LogP contribution in [-0.4, -0.2) is 23.2 Å². The first-order valence-electron chi connectivity index (χ1n) is 2.38. The highest BCUT2D eigenvalue weighted by Gasteiger charge is 2.31. The summed E-state index contributed by atoms with van der Waals surface area (Å²) < 4.78 is 0. The van der Waals surface area contributed by atoms with Crippen molar-refractivity contribution >= 4 is 11.8 Å². The molecule has 2 N–H and O–H groups in total. The summed E-state index contributed by atoms with van der Waals surface area (Å²) in [4.78, 5) is 24.4. The number of amides is 2. The van der Waals surface area contributed by atoms with E-state index in [4.69, 9.17) is 5.26 Å². The summed E-state index contributed by atoms with van der Waals surface area (Å²) in [5.41, 5.74) is 0. The van der Waals surface area contributed by atoms with Gasteiger partial charge in [0.2, 0.25) is 5.91 Å². The molecule has 9 heavy (non-hydrogen) atoms. The monoisotopic (exact) mass is 131 g/mol. The summed E-state index contributed by atoms with van der Waals surface area (Å²) in [6.07, 6.45) is -1.09. The van der Waals surface area contributed by atoms with E-state index in [2.05, 4.69) is 4.89 Å². The minimum Gasteiger partial charge on any atom is -0.294 e. The van der Waals surface area contributed by atoms with Gasteiger partial charge in [0.05, 0.1) is 6.42 Å². The maximum Gasteiger partial charge on any atom is 0.259 e. The molecule has 2 amide bonds. The van der Waals surface area contributed by atoms with Crippen molar-refractivity contribution < 1.29 is 19.7 Å². The van der Waals surface area contributed by atoms with Gasteiger partial charge in [-0.2, -0.15) is 0 Å². The zero-order valence-electron chi connectivity index (χ0n) is 4.46. The molecule has 1 fully saturated rings. The molecule has 5 nitrogen and oxygen atoms in total. The SMILES string of the molecule is O=C1CC(OO)C(=O)N1. The molecule has 0 aromatic rings. The van der Waals surface area contributed by atoms with Crippen LogP contribution in [-0.2, 0) is 14.5 Å². The Morgan fingerprint density at radius 1 is 1.67 bits per heavy atom. The van der Waals surface area contributed by atoms with Gasteiger partial charge in [0.1, 0.15) is 0 Å². The van der Waals surface area contributed by atoms with Crippen LogP contribution >= 0.6 is 0 Å². The highest BCUT2D eigenvalue weighted by atomic mass is 17.1. The summed E-state index contributed by atoms with van der Waals surface area (Å²) in [6, 6.07) is 0. The first kappa shape index (κ1) is 6.18. The zero-order chi connectivity index (χ0) is 6.85. The molecule has 0 saturated carbocycles. The second-order valence-electron chi connectivity index (χ2n) is 1.71. The summed E-state index contributed by atoms with van der Waals surface area (Å²) in [5.74, 6) is -0.999. The van der Waals surface area contributed by atoms with E-state index in [1.807, 2.05) is 5.32 Å². The first-order chi connectivity index (χ1) is 4.24. The number of carbonyl (C=O) groups is 2. The fraction of sp³-hybridized carbons (Fsp3) is 0.500. The third-order valence-corrected chi connectivity index (χ3v) is 1.05. The molecular weight excluding hydrogens is 126 g/mol. The van der Waals surface area contributed by atoms with Crippen molar-refractivity contribution in [3.8, 4) is 0 Å². The van der Waals surface area contributed by atoms with E-state index >= 15 is 0 Å². The van der Waals surface area contributed by atoms with Crippen molar-refractivity contribution in [3.63, 3.8) is 0 Å². The Morgan fingerprint density at radius 2 is 2.33 bits per heavy atom. The highest BCUT2D eigenvalue weighted by molar-refractivity contribution is 6.04. The van der Waals surface area contributed by atoms with Gasteiger partial charge < -0.3 is 0 Å². The Bertz CT molecular complexity index is 155. The highest BCUT2D eigenvalue weighted by Crippen LogP contribution is 2.03. The largest absolute Gasteiger partial charge is 0.294 e. The average Bonchev–Trinajstić information content (AvgIpc) is 2.10. The van der Waals surface area contributed by atoms with Gasteiger partial charge in [-0.15, -0.1) is 0 Å². The van der Waals surface area contributed by atoms with E-state index in [9.17, 15) is 9.59 Å². The van der Waals surface area contributed by atoms with Crippen LogP contribution in [0, 0.1) is 0 Å². The number of rotatable bonds is 1. The van der Waals surface area contributed by atoms with Gasteiger partial charge in [-0.25, -0.2) is 4.89 Å². The molecule has 1 rings (SSSR count). The molecule has 0 radical (unpaired) electrons. The van der Waals surface area contributed by atoms with Crippen molar-refractivity contribution in [2.45, 2.75) is 12.5 Å². The summed E-state index contributed by atoms with van der Waals surface area (Å²) >= 11 is 0. The number of hydrogen-bond acceptors (Lipinski definition) is 4. The van der Waals surface area contributed by atoms with Crippen molar-refractivity contribution in [1.82, 2.24) is 5.32 Å². The molecular formula is C4H5NO4. The van der Waals surface area contributed by atoms with Crippen LogP contribution in [0.15, 0.2) is 0 Å². The average molecular weight is 131 g/mol. The second-order valence-corrected chi connectivity index (χ2v) is 1.71. The molecule has 1 saturated heterocycles. The summed E-state index contributed by atoms with van der Waals surface area (Å²) in [7, 11) is 0. The van der Waals surface area contributed by atoms with Crippen LogP contribution < -0.4 is 5.32 Å². The number of nitrogens with one attached hydrogen (secondary N) is 1. The van der Waals surface area contributed by atoms with Crippen molar-refractivity contribution in [2.24, 2.45) is 0 Å². The van der Waals surface area contributed by atoms with E-state index < -0.39 is 17.9 Å². The van der Waals surface area contributed by atoms with Gasteiger partial charge in [-0.3, -0.25) is 20.2 Å². The Morgan fingerprint density at radius 3 is 2.56 bits per heavy atom. The van der Waals surface area contributed by atoms with Crippen molar-refractivity contribution in [2.75, 3.05) is 0 Å². The third-order valence-electron chi connectivity index (χ3n) is 1.05. The predicted molar refractivity (Wildman–Crippen MR) is 25.3 cm³/mol. The minimum atomic E-state index is -1.00. The second kappa shape index (κ2) is 2.12. The lowest BCUT2D eigenvalue weighted by molar-refractivity contribution is -0.268. The quantitative estimate of drug-likeness (QED) is 0.269. The maximum absolute atomic E-state index is 10.4.